The number of hydrogen-bond acceptors (Lipinski definition) is 9. The lowest BCUT2D eigenvalue weighted by molar-refractivity contribution is -0.148. The highest BCUT2D eigenvalue weighted by atomic mass is 16.5. The van der Waals surface area contributed by atoms with Crippen molar-refractivity contribution in [2.45, 2.75) is 129 Å². The van der Waals surface area contributed by atoms with E-state index in [4.69, 9.17) is 19.9 Å². The molecule has 1 aliphatic heterocycles. The van der Waals surface area contributed by atoms with Crippen molar-refractivity contribution in [2.24, 2.45) is 29.4 Å². The fourth-order valence-electron chi connectivity index (χ4n) is 7.97. The Morgan fingerprint density at radius 2 is 1.50 bits per heavy atom. The fourth-order valence-corrected chi connectivity index (χ4v) is 7.97. The molecule has 4 amide bonds. The lowest BCUT2D eigenvalue weighted by Gasteiger charge is -2.41. The number of nitrogens with zero attached hydrogens (tertiary/aromatic N) is 3. The predicted molar refractivity (Wildman–Crippen MR) is 212 cm³/mol. The first-order valence-corrected chi connectivity index (χ1v) is 19.6. The van der Waals surface area contributed by atoms with E-state index in [9.17, 15) is 19.2 Å². The largest absolute Gasteiger partial charge is 0.380 e. The monoisotopic (exact) mass is 761 g/mol. The molecule has 1 saturated heterocycles. The van der Waals surface area contributed by atoms with Crippen molar-refractivity contribution in [1.29, 1.82) is 0 Å². The quantitative estimate of drug-likeness (QED) is 0.171. The van der Waals surface area contributed by atoms with Crippen molar-refractivity contribution in [3.8, 4) is 0 Å². The molecular weight excluding hydrogens is 688 g/mol. The van der Waals surface area contributed by atoms with E-state index < -0.39 is 48.3 Å². The van der Waals surface area contributed by atoms with Gasteiger partial charge in [-0.25, -0.2) is 0 Å². The molecule has 0 aliphatic carbocycles. The van der Waals surface area contributed by atoms with E-state index in [1.165, 1.54) is 0 Å². The number of nitrogens with two attached hydrogens (primary N) is 1. The van der Waals surface area contributed by atoms with Crippen molar-refractivity contribution in [2.75, 3.05) is 49.0 Å². The molecule has 0 radical (unpaired) electrons. The summed E-state index contributed by atoms with van der Waals surface area (Å²) in [4.78, 5) is 61.0. The first-order valence-electron chi connectivity index (χ1n) is 19.6. The predicted octanol–water partition coefficient (Wildman–Crippen LogP) is 3.46. The van der Waals surface area contributed by atoms with Gasteiger partial charge in [0.1, 0.15) is 6.04 Å². The summed E-state index contributed by atoms with van der Waals surface area (Å²) < 4.78 is 17.8. The average molecular weight is 761 g/mol. The summed E-state index contributed by atoms with van der Waals surface area (Å²) >= 11 is 0. The van der Waals surface area contributed by atoms with Crippen LogP contribution in [0.1, 0.15) is 86.3 Å². The van der Waals surface area contributed by atoms with Crippen molar-refractivity contribution in [1.82, 2.24) is 25.3 Å². The van der Waals surface area contributed by atoms with Crippen LogP contribution < -0.4 is 16.4 Å². The van der Waals surface area contributed by atoms with Crippen molar-refractivity contribution >= 4 is 23.6 Å². The van der Waals surface area contributed by atoms with Crippen molar-refractivity contribution in [3.63, 3.8) is 0 Å². The maximum absolute atomic E-state index is 14.4. The molecule has 0 bridgehead atoms. The number of likely N-dealkylation sites (tertiary alicyclic amines) is 1. The van der Waals surface area contributed by atoms with Gasteiger partial charge in [-0.3, -0.25) is 24.1 Å². The van der Waals surface area contributed by atoms with Crippen LogP contribution in [0.3, 0.4) is 0 Å². The number of nitrogens with one attached hydrogen (secondary N) is 2. The summed E-state index contributed by atoms with van der Waals surface area (Å²) in [6.07, 6.45) is -0.322. The third kappa shape index (κ3) is 11.9. The highest BCUT2D eigenvalue weighted by molar-refractivity contribution is 5.90. The van der Waals surface area contributed by atoms with Gasteiger partial charge < -0.3 is 40.4 Å². The second-order valence-electron chi connectivity index (χ2n) is 16.1. The minimum absolute atomic E-state index is 0.00913. The van der Waals surface area contributed by atoms with Gasteiger partial charge in [0.25, 0.3) is 0 Å². The van der Waals surface area contributed by atoms with Crippen molar-refractivity contribution in [3.05, 3.63) is 35.9 Å². The molecule has 0 aromatic heterocycles. The Bertz CT molecular complexity index is 1320. The molecule has 54 heavy (non-hydrogen) atoms. The molecule has 0 saturated carbocycles. The van der Waals surface area contributed by atoms with Crippen LogP contribution in [0, 0.1) is 23.7 Å². The molecule has 13 nitrogen and oxygen atoms in total. The van der Waals surface area contributed by atoms with E-state index in [1.807, 2.05) is 97.8 Å². The smallest absolute Gasteiger partial charge is 0.245 e. The van der Waals surface area contributed by atoms with Gasteiger partial charge in [-0.1, -0.05) is 85.2 Å². The SMILES string of the molecule is CCC(C)[C@@H]([C@H](CC(=O)N1C[C@H](OC)C[C@H]1[C@H](OC)[C@@H](C)C(=O)N[C@@H](C)C(N)c1ccccc1)OC)N(C)C(=O)[C@@H](NC(=O)[C@H](C(C)C)N(C)C)C(C)C. The standard InChI is InChI=1S/C41H72N6O7/c1-15-26(6)37(46(11)41(51)35(24(2)3)44-40(50)36(25(4)5)45(9)10)32(53-13)22-33(48)47-23-30(52-12)21-31(47)38(54-14)27(7)39(49)43-28(8)34(42)29-19-17-16-18-20-29/h16-20,24-28,30-32,34-38H,15,21-23,42H2,1-14H3,(H,43,49)(H,44,50)/t26?,27-,28+,30-,31+,32+,34?,35+,36+,37+,38-/m1/s1. The van der Waals surface area contributed by atoms with E-state index in [2.05, 4.69) is 10.6 Å². The minimum Gasteiger partial charge on any atom is -0.380 e. The van der Waals surface area contributed by atoms with Crippen LogP contribution in [0.15, 0.2) is 30.3 Å². The van der Waals surface area contributed by atoms with Gasteiger partial charge in [0.15, 0.2) is 0 Å². The topological polar surface area (TPSA) is 156 Å². The van der Waals surface area contributed by atoms with Gasteiger partial charge in [0, 0.05) is 47.0 Å². The van der Waals surface area contributed by atoms with Crippen LogP contribution in [0.5, 0.6) is 0 Å². The molecular formula is C41H72N6O7. The van der Waals surface area contributed by atoms with Gasteiger partial charge in [-0.2, -0.15) is 0 Å². The molecule has 1 aromatic carbocycles. The van der Waals surface area contributed by atoms with Crippen LogP contribution in [-0.4, -0.2) is 136 Å². The second kappa shape index (κ2) is 21.8. The highest BCUT2D eigenvalue weighted by Gasteiger charge is 2.46. The maximum Gasteiger partial charge on any atom is 0.245 e. The number of carbonyl (C=O) groups excluding carboxylic acids is 4. The Morgan fingerprint density at radius 1 is 0.889 bits per heavy atom. The van der Waals surface area contributed by atoms with Gasteiger partial charge in [-0.05, 0) is 50.8 Å². The van der Waals surface area contributed by atoms with E-state index in [0.29, 0.717) is 13.0 Å². The zero-order valence-corrected chi connectivity index (χ0v) is 35.5. The van der Waals surface area contributed by atoms with E-state index in [0.717, 1.165) is 12.0 Å². The zero-order chi connectivity index (χ0) is 41.0. The molecule has 11 atom stereocenters. The van der Waals surface area contributed by atoms with E-state index >= 15 is 0 Å². The first-order chi connectivity index (χ1) is 25.4. The fraction of sp³-hybridized carbons (Fsp3) is 0.756. The van der Waals surface area contributed by atoms with Gasteiger partial charge in [0.05, 0.1) is 48.8 Å². The number of benzene rings is 1. The maximum atomic E-state index is 14.4. The third-order valence-electron chi connectivity index (χ3n) is 11.4. The summed E-state index contributed by atoms with van der Waals surface area (Å²) in [5.41, 5.74) is 7.40. The Kier molecular flexibility index (Phi) is 19.0. The minimum atomic E-state index is -0.769. The Labute approximate surface area is 325 Å². The molecule has 308 valence electrons. The normalized spacial score (nSPS) is 21.2. The Morgan fingerprint density at radius 3 is 1.98 bits per heavy atom. The van der Waals surface area contributed by atoms with Gasteiger partial charge in [0.2, 0.25) is 23.6 Å². The summed E-state index contributed by atoms with van der Waals surface area (Å²) in [6.45, 7) is 15.9. The van der Waals surface area contributed by atoms with Crippen LogP contribution >= 0.6 is 0 Å². The van der Waals surface area contributed by atoms with Gasteiger partial charge >= 0.3 is 0 Å². The molecule has 13 heteroatoms. The summed E-state index contributed by atoms with van der Waals surface area (Å²) in [7, 11) is 10.2. The summed E-state index contributed by atoms with van der Waals surface area (Å²) in [5.74, 6) is -1.64. The van der Waals surface area contributed by atoms with Crippen LogP contribution in [0.4, 0.5) is 0 Å². The number of amides is 4. The first kappa shape index (κ1) is 47.1. The second-order valence-corrected chi connectivity index (χ2v) is 16.1. The zero-order valence-electron chi connectivity index (χ0n) is 35.5. The average Bonchev–Trinajstić information content (AvgIpc) is 3.57. The molecule has 0 spiro atoms. The lowest BCUT2D eigenvalue weighted by Crippen LogP contribution is -2.59. The number of methoxy groups -OCH3 is 3. The Balaban J connectivity index is 2.33. The van der Waals surface area contributed by atoms with Gasteiger partial charge in [-0.15, -0.1) is 0 Å². The molecule has 1 aliphatic rings. The number of hydrogen-bond donors (Lipinski definition) is 3. The van der Waals surface area contributed by atoms with Crippen LogP contribution in [0.25, 0.3) is 0 Å². The lowest BCUT2D eigenvalue weighted by atomic mass is 9.89. The molecule has 1 fully saturated rings. The number of rotatable bonds is 21. The van der Waals surface area contributed by atoms with E-state index in [1.54, 1.807) is 45.1 Å². The molecule has 1 aromatic rings. The molecule has 2 rings (SSSR count). The molecule has 2 unspecified atom stereocenters. The molecule has 1 heterocycles. The van der Waals surface area contributed by atoms with Crippen LogP contribution in [-0.2, 0) is 33.4 Å². The summed E-state index contributed by atoms with van der Waals surface area (Å²) in [6, 6.07) is 6.78. The third-order valence-corrected chi connectivity index (χ3v) is 11.4. The number of carbonyl (C=O) groups is 4. The molecule has 4 N–H and O–H groups in total. The highest BCUT2D eigenvalue weighted by Crippen LogP contribution is 2.31. The number of ether oxygens (including phenoxy) is 3. The Hall–Kier alpha value is -3.10. The van der Waals surface area contributed by atoms with E-state index in [-0.39, 0.29) is 59.9 Å². The summed E-state index contributed by atoms with van der Waals surface area (Å²) in [5, 5.41) is 6.11. The van der Waals surface area contributed by atoms with Crippen molar-refractivity contribution < 1.29 is 33.4 Å². The number of likely N-dealkylation sites (N-methyl/N-ethyl adjacent to an activating group) is 2. The van der Waals surface area contributed by atoms with Crippen LogP contribution in [0.2, 0.25) is 0 Å².